The van der Waals surface area contributed by atoms with Crippen LogP contribution in [-0.2, 0) is 11.0 Å². The number of aromatic nitrogens is 3. The molecule has 0 bridgehead atoms. The maximum atomic E-state index is 12.9. The van der Waals surface area contributed by atoms with E-state index in [0.29, 0.717) is 5.82 Å². The minimum atomic E-state index is -4.63. The molecule has 1 heterocycles. The van der Waals surface area contributed by atoms with Gasteiger partial charge in [0.05, 0.1) is 22.0 Å². The monoisotopic (exact) mass is 365 g/mol. The van der Waals surface area contributed by atoms with Gasteiger partial charge in [0.15, 0.2) is 0 Å². The number of nitrogens with one attached hydrogen (secondary N) is 1. The molecule has 1 aromatic heterocycles. The predicted molar refractivity (Wildman–Crippen MR) is 80.7 cm³/mol. The number of thioether (sulfide) groups is 1. The number of halogens is 4. The van der Waals surface area contributed by atoms with Crippen molar-refractivity contribution < 1.29 is 18.0 Å². The van der Waals surface area contributed by atoms with Gasteiger partial charge < -0.3 is 11.2 Å². The van der Waals surface area contributed by atoms with Crippen LogP contribution >= 0.6 is 23.4 Å². The molecular formula is C12H11ClF3N5OS. The zero-order valence-electron chi connectivity index (χ0n) is 11.7. The Bertz CT molecular complexity index is 734. The zero-order chi connectivity index (χ0) is 17.2. The van der Waals surface area contributed by atoms with E-state index in [9.17, 15) is 18.0 Å². The molecule has 0 saturated heterocycles. The molecule has 0 spiro atoms. The van der Waals surface area contributed by atoms with Gasteiger partial charge >= 0.3 is 6.18 Å². The van der Waals surface area contributed by atoms with Gasteiger partial charge in [-0.05, 0) is 19.1 Å². The highest BCUT2D eigenvalue weighted by Crippen LogP contribution is 2.38. The topological polar surface area (TPSA) is 85.8 Å². The highest BCUT2D eigenvalue weighted by atomic mass is 35.5. The van der Waals surface area contributed by atoms with Gasteiger partial charge in [0.25, 0.3) is 0 Å². The first-order chi connectivity index (χ1) is 10.7. The summed E-state index contributed by atoms with van der Waals surface area (Å²) in [5.74, 6) is 5.19. The average Bonchev–Trinajstić information content (AvgIpc) is 2.77. The summed E-state index contributed by atoms with van der Waals surface area (Å²) in [6.45, 7) is 1.62. The number of alkyl halides is 3. The highest BCUT2D eigenvalue weighted by Gasteiger charge is 2.34. The largest absolute Gasteiger partial charge is 0.418 e. The van der Waals surface area contributed by atoms with E-state index in [0.717, 1.165) is 23.9 Å². The Labute approximate surface area is 138 Å². The van der Waals surface area contributed by atoms with Crippen molar-refractivity contribution in [2.24, 2.45) is 0 Å². The summed E-state index contributed by atoms with van der Waals surface area (Å²) in [7, 11) is 0. The number of hydrogen-bond acceptors (Lipinski definition) is 5. The molecule has 0 aliphatic rings. The molecule has 0 radical (unpaired) electrons. The number of nitrogens with two attached hydrogens (primary N) is 1. The van der Waals surface area contributed by atoms with Crippen LogP contribution < -0.4 is 11.2 Å². The van der Waals surface area contributed by atoms with Crippen LogP contribution in [0.1, 0.15) is 11.4 Å². The van der Waals surface area contributed by atoms with Gasteiger partial charge in [0.1, 0.15) is 5.82 Å². The van der Waals surface area contributed by atoms with Gasteiger partial charge in [-0.25, -0.2) is 4.68 Å². The molecule has 2 rings (SSSR count). The van der Waals surface area contributed by atoms with Crippen LogP contribution in [-0.4, -0.2) is 26.5 Å². The molecule has 0 aliphatic heterocycles. The summed E-state index contributed by atoms with van der Waals surface area (Å²) >= 11 is 6.70. The van der Waals surface area contributed by atoms with Crippen LogP contribution in [0, 0.1) is 6.92 Å². The Morgan fingerprint density at radius 3 is 2.70 bits per heavy atom. The molecule has 0 unspecified atom stereocenters. The van der Waals surface area contributed by atoms with Gasteiger partial charge in [0, 0.05) is 0 Å². The number of carbonyl (C=O) groups is 1. The Morgan fingerprint density at radius 2 is 2.13 bits per heavy atom. The third kappa shape index (κ3) is 4.08. The van der Waals surface area contributed by atoms with Crippen molar-refractivity contribution in [3.05, 3.63) is 34.6 Å². The van der Waals surface area contributed by atoms with E-state index in [1.807, 2.05) is 0 Å². The first kappa shape index (κ1) is 17.4. The maximum Gasteiger partial charge on any atom is 0.418 e. The molecule has 0 saturated carbocycles. The molecule has 1 aromatic carbocycles. The van der Waals surface area contributed by atoms with E-state index in [1.54, 1.807) is 6.92 Å². The smallest absolute Gasteiger partial charge is 0.336 e. The van der Waals surface area contributed by atoms with Crippen molar-refractivity contribution in [2.45, 2.75) is 18.3 Å². The van der Waals surface area contributed by atoms with Gasteiger partial charge in [-0.3, -0.25) is 4.79 Å². The quantitative estimate of drug-likeness (QED) is 0.642. The third-order valence-corrected chi connectivity index (χ3v) is 4.01. The molecule has 124 valence electrons. The summed E-state index contributed by atoms with van der Waals surface area (Å²) in [4.78, 5) is 11.9. The fourth-order valence-corrected chi connectivity index (χ4v) is 2.57. The highest BCUT2D eigenvalue weighted by molar-refractivity contribution is 7.99. The molecule has 0 aliphatic carbocycles. The number of hydrogen-bond donors (Lipinski definition) is 2. The molecule has 23 heavy (non-hydrogen) atoms. The summed E-state index contributed by atoms with van der Waals surface area (Å²) in [5, 5.41) is 9.68. The standard InChI is InChI=1S/C12H11ClF3N5OS/c1-6-19-20-11(21(6)17)23-5-9(22)18-10-7(12(14,15)16)3-2-4-8(10)13/h2-4H,5,17H2,1H3,(H,18,22). The lowest BCUT2D eigenvalue weighted by atomic mass is 10.1. The molecule has 2 aromatic rings. The molecule has 3 N–H and O–H groups in total. The van der Waals surface area contributed by atoms with E-state index in [1.165, 1.54) is 10.7 Å². The summed E-state index contributed by atoms with van der Waals surface area (Å²) in [6.07, 6.45) is -4.63. The number of rotatable bonds is 4. The predicted octanol–water partition coefficient (Wildman–Crippen LogP) is 2.70. The van der Waals surface area contributed by atoms with Crippen LogP contribution in [0.5, 0.6) is 0 Å². The molecule has 6 nitrogen and oxygen atoms in total. The van der Waals surface area contributed by atoms with Crippen LogP contribution in [0.4, 0.5) is 18.9 Å². The first-order valence-corrected chi connectivity index (χ1v) is 7.52. The van der Waals surface area contributed by atoms with E-state index >= 15 is 0 Å². The minimum Gasteiger partial charge on any atom is -0.336 e. The fraction of sp³-hybridized carbons (Fsp3) is 0.250. The number of anilines is 1. The van der Waals surface area contributed by atoms with E-state index in [4.69, 9.17) is 17.4 Å². The Kier molecular flexibility index (Phi) is 5.05. The van der Waals surface area contributed by atoms with E-state index in [2.05, 4.69) is 15.5 Å². The van der Waals surface area contributed by atoms with Gasteiger partial charge in [-0.2, -0.15) is 13.2 Å². The van der Waals surface area contributed by atoms with Crippen LogP contribution in [0.3, 0.4) is 0 Å². The van der Waals surface area contributed by atoms with Gasteiger partial charge in [0.2, 0.25) is 11.1 Å². The molecule has 0 atom stereocenters. The Hall–Kier alpha value is -1.94. The lowest BCUT2D eigenvalue weighted by Gasteiger charge is -2.14. The third-order valence-electron chi connectivity index (χ3n) is 2.75. The summed E-state index contributed by atoms with van der Waals surface area (Å²) in [5.41, 5.74) is -1.49. The van der Waals surface area contributed by atoms with Crippen LogP contribution in [0.2, 0.25) is 5.02 Å². The second-order valence-corrected chi connectivity index (χ2v) is 5.75. The normalized spacial score (nSPS) is 11.5. The number of nitrogen functional groups attached to an aromatic ring is 1. The van der Waals surface area contributed by atoms with Gasteiger partial charge in [-0.1, -0.05) is 29.4 Å². The Balaban J connectivity index is 2.10. The average molecular weight is 366 g/mol. The number of carbonyl (C=O) groups excluding carboxylic acids is 1. The molecule has 11 heteroatoms. The lowest BCUT2D eigenvalue weighted by molar-refractivity contribution is -0.137. The van der Waals surface area contributed by atoms with E-state index in [-0.39, 0.29) is 15.9 Å². The van der Waals surface area contributed by atoms with Gasteiger partial charge in [-0.15, -0.1) is 10.2 Å². The van der Waals surface area contributed by atoms with E-state index < -0.39 is 23.3 Å². The number of para-hydroxylation sites is 1. The fourth-order valence-electron chi connectivity index (χ4n) is 1.64. The van der Waals surface area contributed by atoms with Crippen molar-refractivity contribution in [3.63, 3.8) is 0 Å². The number of benzene rings is 1. The number of aryl methyl sites for hydroxylation is 1. The second-order valence-electron chi connectivity index (χ2n) is 4.40. The molecule has 1 amide bonds. The number of amides is 1. The Morgan fingerprint density at radius 1 is 1.43 bits per heavy atom. The zero-order valence-corrected chi connectivity index (χ0v) is 13.3. The summed E-state index contributed by atoms with van der Waals surface area (Å²) < 4.78 is 40.0. The second kappa shape index (κ2) is 6.67. The van der Waals surface area contributed by atoms with Crippen molar-refractivity contribution >= 4 is 35.0 Å². The lowest BCUT2D eigenvalue weighted by Crippen LogP contribution is -2.19. The van der Waals surface area contributed by atoms with Crippen molar-refractivity contribution in [2.75, 3.05) is 16.9 Å². The van der Waals surface area contributed by atoms with Crippen molar-refractivity contribution in [1.82, 2.24) is 14.9 Å². The van der Waals surface area contributed by atoms with Crippen molar-refractivity contribution in [1.29, 1.82) is 0 Å². The van der Waals surface area contributed by atoms with Crippen LogP contribution in [0.15, 0.2) is 23.4 Å². The van der Waals surface area contributed by atoms with Crippen molar-refractivity contribution in [3.8, 4) is 0 Å². The minimum absolute atomic E-state index is 0.197. The summed E-state index contributed by atoms with van der Waals surface area (Å²) in [6, 6.07) is 3.27. The maximum absolute atomic E-state index is 12.9. The SMILES string of the molecule is Cc1nnc(SCC(=O)Nc2c(Cl)cccc2C(F)(F)F)n1N. The molecule has 0 fully saturated rings. The first-order valence-electron chi connectivity index (χ1n) is 6.15. The van der Waals surface area contributed by atoms with Crippen LogP contribution in [0.25, 0.3) is 0 Å². The molecular weight excluding hydrogens is 355 g/mol. The number of nitrogens with zero attached hydrogens (tertiary/aromatic N) is 3.